The molecule has 0 saturated carbocycles. The van der Waals surface area contributed by atoms with Gasteiger partial charge in [-0.25, -0.2) is 26.8 Å². The molecule has 21 heavy (non-hydrogen) atoms. The smallest absolute Gasteiger partial charge is 0.338 e. The Bertz CT molecular complexity index is 722. The van der Waals surface area contributed by atoms with Crippen molar-refractivity contribution in [3.05, 3.63) is 23.8 Å². The van der Waals surface area contributed by atoms with Gasteiger partial charge < -0.3 is 4.74 Å². The van der Waals surface area contributed by atoms with Gasteiger partial charge in [0.05, 0.1) is 15.4 Å². The highest BCUT2D eigenvalue weighted by molar-refractivity contribution is 7.91. The number of hydrogen-bond acceptors (Lipinski definition) is 6. The molecule has 9 heteroatoms. The minimum absolute atomic E-state index is 0.197. The van der Waals surface area contributed by atoms with Gasteiger partial charge >= 0.3 is 5.97 Å². The van der Waals surface area contributed by atoms with Crippen LogP contribution in [0.2, 0.25) is 0 Å². The Morgan fingerprint density at radius 1 is 1.05 bits per heavy atom. The summed E-state index contributed by atoms with van der Waals surface area (Å²) < 4.78 is 51.1. The molecule has 0 fully saturated rings. The first kappa shape index (κ1) is 17.6. The summed E-state index contributed by atoms with van der Waals surface area (Å²) in [5, 5.41) is 4.99. The van der Waals surface area contributed by atoms with E-state index in [1.807, 2.05) is 0 Å². The van der Waals surface area contributed by atoms with E-state index in [2.05, 4.69) is 0 Å². The Morgan fingerprint density at radius 2 is 1.52 bits per heavy atom. The number of esters is 1. The zero-order chi connectivity index (χ0) is 16.6. The van der Waals surface area contributed by atoms with Gasteiger partial charge in [0.25, 0.3) is 0 Å². The SMILES string of the molecule is CC(C)(C)OC(=O)c1cc(S(C)(=O)=O)cc(S(N)(=O)=O)c1. The fourth-order valence-electron chi connectivity index (χ4n) is 1.40. The molecule has 1 rings (SSSR count). The molecule has 0 radical (unpaired) electrons. The first-order valence-electron chi connectivity index (χ1n) is 5.81. The topological polar surface area (TPSA) is 121 Å². The Kier molecular flexibility index (Phi) is 4.52. The number of primary sulfonamides is 1. The quantitative estimate of drug-likeness (QED) is 0.811. The van der Waals surface area contributed by atoms with E-state index in [4.69, 9.17) is 9.88 Å². The molecule has 0 aromatic heterocycles. The summed E-state index contributed by atoms with van der Waals surface area (Å²) in [6, 6.07) is 2.94. The van der Waals surface area contributed by atoms with Crippen LogP contribution in [0.1, 0.15) is 31.1 Å². The van der Waals surface area contributed by atoms with Crippen LogP contribution < -0.4 is 5.14 Å². The maximum Gasteiger partial charge on any atom is 0.338 e. The monoisotopic (exact) mass is 335 g/mol. The van der Waals surface area contributed by atoms with Crippen LogP contribution in [0.5, 0.6) is 0 Å². The van der Waals surface area contributed by atoms with Crippen molar-refractivity contribution in [2.24, 2.45) is 5.14 Å². The first-order chi connectivity index (χ1) is 9.20. The fourth-order valence-corrected chi connectivity index (χ4v) is 2.74. The highest BCUT2D eigenvalue weighted by atomic mass is 32.2. The molecule has 0 saturated heterocycles. The van der Waals surface area contributed by atoms with Crippen molar-refractivity contribution in [1.29, 1.82) is 0 Å². The zero-order valence-corrected chi connectivity index (χ0v) is 13.7. The predicted octanol–water partition coefficient (Wildman–Crippen LogP) is 0.693. The highest BCUT2D eigenvalue weighted by Gasteiger charge is 2.22. The first-order valence-corrected chi connectivity index (χ1v) is 9.25. The molecule has 0 spiro atoms. The predicted molar refractivity (Wildman–Crippen MR) is 76.1 cm³/mol. The summed E-state index contributed by atoms with van der Waals surface area (Å²) >= 11 is 0. The molecule has 1 aromatic carbocycles. The van der Waals surface area contributed by atoms with Crippen molar-refractivity contribution in [2.75, 3.05) is 6.26 Å². The highest BCUT2D eigenvalue weighted by Crippen LogP contribution is 2.20. The molecule has 0 bridgehead atoms. The molecular weight excluding hydrogens is 318 g/mol. The lowest BCUT2D eigenvalue weighted by molar-refractivity contribution is 0.00689. The van der Waals surface area contributed by atoms with E-state index in [1.165, 1.54) is 0 Å². The van der Waals surface area contributed by atoms with Crippen LogP contribution in [-0.4, -0.2) is 34.7 Å². The van der Waals surface area contributed by atoms with Crippen molar-refractivity contribution in [3.63, 3.8) is 0 Å². The maximum atomic E-state index is 12.0. The molecular formula is C12H17NO6S2. The van der Waals surface area contributed by atoms with E-state index in [-0.39, 0.29) is 10.5 Å². The second-order valence-corrected chi connectivity index (χ2v) is 9.09. The van der Waals surface area contributed by atoms with Crippen LogP contribution in [0.25, 0.3) is 0 Å². The number of rotatable bonds is 3. The number of benzene rings is 1. The summed E-state index contributed by atoms with van der Waals surface area (Å²) in [7, 11) is -7.87. The lowest BCUT2D eigenvalue weighted by Gasteiger charge is -2.19. The number of sulfonamides is 1. The van der Waals surface area contributed by atoms with E-state index in [1.54, 1.807) is 20.8 Å². The maximum absolute atomic E-state index is 12.0. The molecule has 118 valence electrons. The largest absolute Gasteiger partial charge is 0.456 e. The Hall–Kier alpha value is -1.45. The van der Waals surface area contributed by atoms with Crippen LogP contribution in [0, 0.1) is 0 Å². The Labute approximate surface area is 124 Å². The second kappa shape index (κ2) is 5.39. The number of carbonyl (C=O) groups is 1. The minimum atomic E-state index is -4.16. The average Bonchev–Trinajstić information content (AvgIpc) is 2.23. The van der Waals surface area contributed by atoms with E-state index < -0.39 is 36.3 Å². The third-order valence-corrected chi connectivity index (χ3v) is 4.26. The van der Waals surface area contributed by atoms with Gasteiger partial charge in [-0.05, 0) is 39.0 Å². The van der Waals surface area contributed by atoms with Gasteiger partial charge in [0, 0.05) is 6.26 Å². The van der Waals surface area contributed by atoms with Crippen LogP contribution >= 0.6 is 0 Å². The van der Waals surface area contributed by atoms with Gasteiger partial charge in [-0.2, -0.15) is 0 Å². The van der Waals surface area contributed by atoms with E-state index in [0.717, 1.165) is 24.5 Å². The van der Waals surface area contributed by atoms with Gasteiger partial charge in [-0.3, -0.25) is 0 Å². The van der Waals surface area contributed by atoms with E-state index in [9.17, 15) is 21.6 Å². The summed E-state index contributed by atoms with van der Waals surface area (Å²) in [6.45, 7) is 4.89. The van der Waals surface area contributed by atoms with Gasteiger partial charge in [-0.15, -0.1) is 0 Å². The Balaban J connectivity index is 3.50. The number of carbonyl (C=O) groups excluding carboxylic acids is 1. The molecule has 0 atom stereocenters. The molecule has 0 aliphatic rings. The summed E-state index contributed by atoms with van der Waals surface area (Å²) in [4.78, 5) is 11.2. The van der Waals surface area contributed by atoms with Crippen LogP contribution in [0.3, 0.4) is 0 Å². The number of hydrogen-bond donors (Lipinski definition) is 1. The standard InChI is InChI=1S/C12H17NO6S2/c1-12(2,3)19-11(14)8-5-9(20(4,15)16)7-10(6-8)21(13,17)18/h5-7H,1-4H3,(H2,13,17,18). The van der Waals surface area contributed by atoms with Gasteiger partial charge in [0.2, 0.25) is 10.0 Å². The molecule has 7 nitrogen and oxygen atoms in total. The van der Waals surface area contributed by atoms with Gasteiger partial charge in [-0.1, -0.05) is 0 Å². The molecule has 0 amide bonds. The Morgan fingerprint density at radius 3 is 1.90 bits per heavy atom. The normalized spacial score (nSPS) is 13.0. The van der Waals surface area contributed by atoms with Crippen LogP contribution in [-0.2, 0) is 24.6 Å². The minimum Gasteiger partial charge on any atom is -0.456 e. The summed E-state index contributed by atoms with van der Waals surface area (Å²) in [6.07, 6.45) is 0.897. The third-order valence-electron chi connectivity index (χ3n) is 2.27. The molecule has 0 aliphatic carbocycles. The fraction of sp³-hybridized carbons (Fsp3) is 0.417. The molecule has 0 heterocycles. The summed E-state index contributed by atoms with van der Waals surface area (Å²) in [5.74, 6) is -0.835. The number of ether oxygens (including phenoxy) is 1. The number of sulfone groups is 1. The second-order valence-electron chi connectivity index (χ2n) is 5.51. The van der Waals surface area contributed by atoms with E-state index >= 15 is 0 Å². The summed E-state index contributed by atoms with van der Waals surface area (Å²) in [5.41, 5.74) is -1.00. The van der Waals surface area contributed by atoms with Crippen LogP contribution in [0.15, 0.2) is 28.0 Å². The van der Waals surface area contributed by atoms with Gasteiger partial charge in [0.1, 0.15) is 5.60 Å². The molecule has 1 aromatic rings. The lowest BCUT2D eigenvalue weighted by Crippen LogP contribution is -2.24. The van der Waals surface area contributed by atoms with Crippen molar-refractivity contribution < 1.29 is 26.4 Å². The van der Waals surface area contributed by atoms with Crippen molar-refractivity contribution in [3.8, 4) is 0 Å². The average molecular weight is 335 g/mol. The van der Waals surface area contributed by atoms with E-state index in [0.29, 0.717) is 0 Å². The van der Waals surface area contributed by atoms with Crippen molar-refractivity contribution >= 4 is 25.8 Å². The molecule has 0 aliphatic heterocycles. The molecule has 2 N–H and O–H groups in total. The zero-order valence-electron chi connectivity index (χ0n) is 12.1. The lowest BCUT2D eigenvalue weighted by atomic mass is 10.1. The van der Waals surface area contributed by atoms with Crippen LogP contribution in [0.4, 0.5) is 0 Å². The molecule has 0 unspecified atom stereocenters. The van der Waals surface area contributed by atoms with Crippen molar-refractivity contribution in [2.45, 2.75) is 36.2 Å². The van der Waals surface area contributed by atoms with Crippen molar-refractivity contribution in [1.82, 2.24) is 0 Å². The third kappa shape index (κ3) is 5.10. The number of nitrogens with two attached hydrogens (primary N) is 1. The van der Waals surface area contributed by atoms with Gasteiger partial charge in [0.15, 0.2) is 9.84 Å².